The molecule has 1 aromatic carbocycles. The SMILES string of the molecule is Cc1ccc(CC(C)NC(=O)c2ccc(I)c(Cl)c2)s1. The fourth-order valence-electron chi connectivity index (χ4n) is 1.89. The van der Waals surface area contributed by atoms with E-state index in [-0.39, 0.29) is 11.9 Å². The molecule has 1 aromatic heterocycles. The zero-order valence-corrected chi connectivity index (χ0v) is 15.0. The topological polar surface area (TPSA) is 29.1 Å². The summed E-state index contributed by atoms with van der Waals surface area (Å²) in [5.41, 5.74) is 0.602. The van der Waals surface area contributed by atoms with E-state index in [1.54, 1.807) is 23.5 Å². The second kappa shape index (κ2) is 6.91. The quantitative estimate of drug-likeness (QED) is 0.717. The molecule has 1 N–H and O–H groups in total. The molecule has 0 saturated carbocycles. The van der Waals surface area contributed by atoms with Gasteiger partial charge in [-0.3, -0.25) is 4.79 Å². The largest absolute Gasteiger partial charge is 0.349 e. The molecule has 5 heteroatoms. The lowest BCUT2D eigenvalue weighted by atomic mass is 10.1. The van der Waals surface area contributed by atoms with Gasteiger partial charge in [-0.25, -0.2) is 0 Å². The molecule has 0 fully saturated rings. The molecule has 106 valence electrons. The number of thiophene rings is 1. The third-order valence-corrected chi connectivity index (χ3v) is 5.46. The predicted octanol–water partition coefficient (Wildman–Crippen LogP) is 4.68. The third-order valence-electron chi connectivity index (χ3n) is 2.86. The first kappa shape index (κ1) is 15.8. The highest BCUT2D eigenvalue weighted by Crippen LogP contribution is 2.20. The van der Waals surface area contributed by atoms with Gasteiger partial charge < -0.3 is 5.32 Å². The Kier molecular flexibility index (Phi) is 5.46. The smallest absolute Gasteiger partial charge is 0.251 e. The molecule has 2 aromatic rings. The molecule has 0 aliphatic heterocycles. The van der Waals surface area contributed by atoms with Crippen LogP contribution >= 0.6 is 45.5 Å². The lowest BCUT2D eigenvalue weighted by molar-refractivity contribution is 0.0940. The lowest BCUT2D eigenvalue weighted by Gasteiger charge is -2.13. The standard InChI is InChI=1S/C15H15ClINOS/c1-9(7-12-5-3-10(2)20-12)18-15(19)11-4-6-14(17)13(16)8-11/h3-6,8-9H,7H2,1-2H3,(H,18,19). The van der Waals surface area contributed by atoms with Gasteiger partial charge in [0.25, 0.3) is 5.91 Å². The van der Waals surface area contributed by atoms with E-state index in [9.17, 15) is 4.79 Å². The Morgan fingerprint density at radius 1 is 1.40 bits per heavy atom. The highest BCUT2D eigenvalue weighted by atomic mass is 127. The van der Waals surface area contributed by atoms with Crippen LogP contribution in [0.5, 0.6) is 0 Å². The number of benzene rings is 1. The Balaban J connectivity index is 1.98. The van der Waals surface area contributed by atoms with Crippen LogP contribution in [0.4, 0.5) is 0 Å². The van der Waals surface area contributed by atoms with E-state index in [1.165, 1.54) is 9.75 Å². The van der Waals surface area contributed by atoms with Crippen molar-refractivity contribution in [2.75, 3.05) is 0 Å². The van der Waals surface area contributed by atoms with Crippen LogP contribution in [0.1, 0.15) is 27.0 Å². The van der Waals surface area contributed by atoms with Gasteiger partial charge in [-0.1, -0.05) is 11.6 Å². The van der Waals surface area contributed by atoms with Gasteiger partial charge in [-0.2, -0.15) is 0 Å². The number of aryl methyl sites for hydroxylation is 1. The molecule has 1 unspecified atom stereocenters. The maximum absolute atomic E-state index is 12.1. The van der Waals surface area contributed by atoms with Crippen molar-refractivity contribution in [3.8, 4) is 0 Å². The van der Waals surface area contributed by atoms with Crippen molar-refractivity contribution in [3.05, 3.63) is 54.2 Å². The zero-order chi connectivity index (χ0) is 14.7. The molecule has 2 nitrogen and oxygen atoms in total. The molecular weight excluding hydrogens is 405 g/mol. The van der Waals surface area contributed by atoms with E-state index < -0.39 is 0 Å². The monoisotopic (exact) mass is 419 g/mol. The number of amides is 1. The average molecular weight is 420 g/mol. The molecule has 1 atom stereocenters. The maximum Gasteiger partial charge on any atom is 0.251 e. The van der Waals surface area contributed by atoms with E-state index in [4.69, 9.17) is 11.6 Å². The number of halogens is 2. The average Bonchev–Trinajstić information content (AvgIpc) is 2.77. The van der Waals surface area contributed by atoms with Crippen LogP contribution in [0.2, 0.25) is 5.02 Å². The molecule has 0 bridgehead atoms. The van der Waals surface area contributed by atoms with Gasteiger partial charge in [0.1, 0.15) is 0 Å². The van der Waals surface area contributed by atoms with Crippen LogP contribution in [0, 0.1) is 10.5 Å². The molecule has 0 saturated heterocycles. The molecule has 0 aliphatic rings. The molecule has 0 spiro atoms. The second-order valence-electron chi connectivity index (χ2n) is 4.72. The fraction of sp³-hybridized carbons (Fsp3) is 0.267. The number of rotatable bonds is 4. The van der Waals surface area contributed by atoms with Crippen LogP contribution in [-0.4, -0.2) is 11.9 Å². The number of carbonyl (C=O) groups is 1. The Bertz CT molecular complexity index is 626. The van der Waals surface area contributed by atoms with Gasteiger partial charge in [0.05, 0.1) is 5.02 Å². The molecule has 2 rings (SSSR count). The Hall–Kier alpha value is -0.590. The van der Waals surface area contributed by atoms with Crippen molar-refractivity contribution in [2.45, 2.75) is 26.3 Å². The van der Waals surface area contributed by atoms with Crippen LogP contribution in [-0.2, 0) is 6.42 Å². The summed E-state index contributed by atoms with van der Waals surface area (Å²) in [5, 5.41) is 3.62. The highest BCUT2D eigenvalue weighted by molar-refractivity contribution is 14.1. The van der Waals surface area contributed by atoms with Crippen LogP contribution < -0.4 is 5.32 Å². The van der Waals surface area contributed by atoms with Gasteiger partial charge in [-0.15, -0.1) is 11.3 Å². The summed E-state index contributed by atoms with van der Waals surface area (Å²) in [6.45, 7) is 4.10. The first-order valence-corrected chi connectivity index (χ1v) is 8.54. The van der Waals surface area contributed by atoms with Crippen molar-refractivity contribution in [3.63, 3.8) is 0 Å². The molecule has 1 amide bonds. The molecule has 0 aliphatic carbocycles. The summed E-state index contributed by atoms with van der Waals surface area (Å²) < 4.78 is 0.947. The lowest BCUT2D eigenvalue weighted by Crippen LogP contribution is -2.33. The molecule has 20 heavy (non-hydrogen) atoms. The van der Waals surface area contributed by atoms with E-state index >= 15 is 0 Å². The predicted molar refractivity (Wildman–Crippen MR) is 93.9 cm³/mol. The van der Waals surface area contributed by atoms with Crippen molar-refractivity contribution < 1.29 is 4.79 Å². The second-order valence-corrected chi connectivity index (χ2v) is 7.66. The van der Waals surface area contributed by atoms with E-state index in [0.717, 1.165) is 9.99 Å². The first-order valence-electron chi connectivity index (χ1n) is 6.27. The van der Waals surface area contributed by atoms with Crippen LogP contribution in [0.3, 0.4) is 0 Å². The molecule has 0 radical (unpaired) electrons. The van der Waals surface area contributed by atoms with Gasteiger partial charge >= 0.3 is 0 Å². The van der Waals surface area contributed by atoms with E-state index in [0.29, 0.717) is 10.6 Å². The highest BCUT2D eigenvalue weighted by Gasteiger charge is 2.12. The maximum atomic E-state index is 12.1. The van der Waals surface area contributed by atoms with Crippen molar-refractivity contribution in [2.24, 2.45) is 0 Å². The summed E-state index contributed by atoms with van der Waals surface area (Å²) in [6.07, 6.45) is 0.850. The molecular formula is C15H15ClINOS. The Labute approximate surface area is 141 Å². The van der Waals surface area contributed by atoms with E-state index in [1.807, 2.05) is 13.0 Å². The number of carbonyl (C=O) groups excluding carboxylic acids is 1. The van der Waals surface area contributed by atoms with Crippen LogP contribution in [0.25, 0.3) is 0 Å². The number of hydrogen-bond donors (Lipinski definition) is 1. The minimum atomic E-state index is -0.0796. The van der Waals surface area contributed by atoms with Crippen molar-refractivity contribution in [1.29, 1.82) is 0 Å². The summed E-state index contributed by atoms with van der Waals surface area (Å²) in [7, 11) is 0. The minimum Gasteiger partial charge on any atom is -0.349 e. The van der Waals surface area contributed by atoms with Gasteiger partial charge in [0.2, 0.25) is 0 Å². The zero-order valence-electron chi connectivity index (χ0n) is 11.2. The van der Waals surface area contributed by atoms with Crippen LogP contribution in [0.15, 0.2) is 30.3 Å². The minimum absolute atomic E-state index is 0.0796. The van der Waals surface area contributed by atoms with E-state index in [2.05, 4.69) is 47.0 Å². The first-order chi connectivity index (χ1) is 9.45. The van der Waals surface area contributed by atoms with Crippen molar-refractivity contribution in [1.82, 2.24) is 5.32 Å². The summed E-state index contributed by atoms with van der Waals surface area (Å²) in [6, 6.07) is 9.67. The van der Waals surface area contributed by atoms with Gasteiger partial charge in [0.15, 0.2) is 0 Å². The summed E-state index contributed by atoms with van der Waals surface area (Å²) in [5.74, 6) is -0.0796. The van der Waals surface area contributed by atoms with Gasteiger partial charge in [0, 0.05) is 31.4 Å². The van der Waals surface area contributed by atoms with Crippen molar-refractivity contribution >= 4 is 51.4 Å². The molecule has 1 heterocycles. The summed E-state index contributed by atoms with van der Waals surface area (Å²) >= 11 is 9.96. The fourth-order valence-corrected chi connectivity index (χ4v) is 3.43. The Morgan fingerprint density at radius 2 is 2.15 bits per heavy atom. The Morgan fingerprint density at radius 3 is 2.75 bits per heavy atom. The number of nitrogens with one attached hydrogen (secondary N) is 1. The van der Waals surface area contributed by atoms with Gasteiger partial charge in [-0.05, 0) is 66.8 Å². The number of hydrogen-bond acceptors (Lipinski definition) is 2. The summed E-state index contributed by atoms with van der Waals surface area (Å²) in [4.78, 5) is 14.7. The third kappa shape index (κ3) is 4.20. The normalized spacial score (nSPS) is 12.2.